The minimum absolute atomic E-state index is 0.0287. The van der Waals surface area contributed by atoms with E-state index in [9.17, 15) is 13.2 Å². The molecule has 2 aliphatic heterocycles. The highest BCUT2D eigenvalue weighted by Crippen LogP contribution is 2.53. The number of carbonyl (C=O) groups is 1. The second kappa shape index (κ2) is 7.91. The number of nitrogens with zero attached hydrogens (tertiary/aromatic N) is 2. The van der Waals surface area contributed by atoms with Crippen LogP contribution in [0.4, 0.5) is 0 Å². The maximum Gasteiger partial charge on any atom is 0.244 e. The van der Waals surface area contributed by atoms with Crippen molar-refractivity contribution in [2.45, 2.75) is 51.2 Å². The Hall–Kier alpha value is -2.02. The number of ketones is 1. The van der Waals surface area contributed by atoms with Crippen molar-refractivity contribution in [1.29, 1.82) is 0 Å². The first-order valence-electron chi connectivity index (χ1n) is 10.6. The normalized spacial score (nSPS) is 27.3. The Bertz CT molecular complexity index is 1020. The number of aryl methyl sites for hydroxylation is 1. The molecule has 0 aliphatic carbocycles. The van der Waals surface area contributed by atoms with E-state index in [2.05, 4.69) is 24.0 Å². The van der Waals surface area contributed by atoms with E-state index in [1.165, 1.54) is 5.56 Å². The fourth-order valence-electron chi connectivity index (χ4n) is 5.21. The molecular weight excluding hydrogens is 396 g/mol. The summed E-state index contributed by atoms with van der Waals surface area (Å²) in [7, 11) is -3.66. The summed E-state index contributed by atoms with van der Waals surface area (Å²) in [4.78, 5) is 14.6. The van der Waals surface area contributed by atoms with Crippen molar-refractivity contribution >= 4 is 15.8 Å². The quantitative estimate of drug-likeness (QED) is 0.704. The maximum absolute atomic E-state index is 13.7. The lowest BCUT2D eigenvalue weighted by molar-refractivity contribution is -0.118. The van der Waals surface area contributed by atoms with Crippen LogP contribution >= 0.6 is 0 Å². The fourth-order valence-corrected chi connectivity index (χ4v) is 6.97. The molecule has 0 amide bonds. The molecule has 2 aromatic rings. The summed E-state index contributed by atoms with van der Waals surface area (Å²) in [6, 6.07) is 17.2. The van der Waals surface area contributed by atoms with E-state index in [4.69, 9.17) is 0 Å². The van der Waals surface area contributed by atoms with E-state index >= 15 is 0 Å². The highest BCUT2D eigenvalue weighted by atomic mass is 32.2. The Kier molecular flexibility index (Phi) is 5.60. The molecule has 2 aliphatic rings. The van der Waals surface area contributed by atoms with E-state index in [0.29, 0.717) is 24.4 Å². The maximum atomic E-state index is 13.7. The van der Waals surface area contributed by atoms with Crippen LogP contribution < -0.4 is 0 Å². The van der Waals surface area contributed by atoms with Gasteiger partial charge >= 0.3 is 0 Å². The lowest BCUT2D eigenvalue weighted by Crippen LogP contribution is -2.48. The first kappa shape index (κ1) is 21.2. The van der Waals surface area contributed by atoms with Crippen molar-refractivity contribution in [1.82, 2.24) is 9.21 Å². The van der Waals surface area contributed by atoms with E-state index < -0.39 is 10.0 Å². The third-order valence-corrected chi connectivity index (χ3v) is 8.70. The number of sulfonamides is 1. The summed E-state index contributed by atoms with van der Waals surface area (Å²) < 4.78 is 29.0. The summed E-state index contributed by atoms with van der Waals surface area (Å²) in [6.45, 7) is 7.64. The van der Waals surface area contributed by atoms with Crippen LogP contribution in [0.25, 0.3) is 0 Å². The summed E-state index contributed by atoms with van der Waals surface area (Å²) in [5.74, 6) is 0.150. The van der Waals surface area contributed by atoms with Crippen LogP contribution in [0.5, 0.6) is 0 Å². The minimum Gasteiger partial charge on any atom is -0.300 e. The number of rotatable bonds is 6. The van der Waals surface area contributed by atoms with Crippen LogP contribution in [-0.2, 0) is 21.4 Å². The van der Waals surface area contributed by atoms with Crippen molar-refractivity contribution in [3.63, 3.8) is 0 Å². The van der Waals surface area contributed by atoms with E-state index in [1.54, 1.807) is 23.4 Å². The van der Waals surface area contributed by atoms with Crippen LogP contribution in [0.15, 0.2) is 59.5 Å². The molecule has 0 spiro atoms. The Morgan fingerprint density at radius 1 is 1.10 bits per heavy atom. The minimum atomic E-state index is -3.66. The molecule has 0 N–H and O–H groups in total. The molecule has 0 unspecified atom stereocenters. The number of hydrogen-bond acceptors (Lipinski definition) is 4. The zero-order valence-corrected chi connectivity index (χ0v) is 18.7. The molecule has 0 saturated carbocycles. The lowest BCUT2D eigenvalue weighted by Gasteiger charge is -2.35. The van der Waals surface area contributed by atoms with E-state index in [0.717, 1.165) is 18.5 Å². The van der Waals surface area contributed by atoms with Crippen molar-refractivity contribution in [2.75, 3.05) is 13.1 Å². The zero-order chi connectivity index (χ0) is 21.5. The van der Waals surface area contributed by atoms with Gasteiger partial charge < -0.3 is 4.79 Å². The molecule has 5 nitrogen and oxygen atoms in total. The number of fused-ring (bicyclic) bond motifs is 1. The van der Waals surface area contributed by atoms with Gasteiger partial charge in [0.05, 0.1) is 11.1 Å². The lowest BCUT2D eigenvalue weighted by atomic mass is 9.75. The largest absolute Gasteiger partial charge is 0.300 e. The molecule has 2 aromatic carbocycles. The van der Waals surface area contributed by atoms with Gasteiger partial charge in [0.1, 0.15) is 5.78 Å². The fraction of sp³-hybridized carbons (Fsp3) is 0.458. The van der Waals surface area contributed by atoms with Gasteiger partial charge in [0.25, 0.3) is 0 Å². The highest BCUT2D eigenvalue weighted by Gasteiger charge is 2.59. The number of hydrogen-bond donors (Lipinski definition) is 0. The molecule has 0 aromatic heterocycles. The van der Waals surface area contributed by atoms with Gasteiger partial charge in [-0.25, -0.2) is 8.42 Å². The van der Waals surface area contributed by atoms with Crippen molar-refractivity contribution < 1.29 is 13.2 Å². The number of likely N-dealkylation sites (tertiary alicyclic amines) is 1. The second-order valence-corrected chi connectivity index (χ2v) is 11.0. The third kappa shape index (κ3) is 3.72. The van der Waals surface area contributed by atoms with Crippen molar-refractivity contribution in [2.24, 2.45) is 11.3 Å². The zero-order valence-electron chi connectivity index (χ0n) is 17.9. The predicted octanol–water partition coefficient (Wildman–Crippen LogP) is 3.83. The molecule has 2 saturated heterocycles. The highest BCUT2D eigenvalue weighted by molar-refractivity contribution is 7.89. The molecule has 3 atom stereocenters. The molecule has 0 bridgehead atoms. The van der Waals surface area contributed by atoms with Gasteiger partial charge in [-0.05, 0) is 43.9 Å². The first-order chi connectivity index (χ1) is 14.2. The first-order valence-corrected chi connectivity index (χ1v) is 12.0. The Morgan fingerprint density at radius 3 is 2.40 bits per heavy atom. The molecule has 4 rings (SSSR count). The van der Waals surface area contributed by atoms with Crippen LogP contribution in [0.1, 0.15) is 37.8 Å². The molecule has 0 radical (unpaired) electrons. The monoisotopic (exact) mass is 426 g/mol. The number of Topliss-reactive ketones (excluding diaryl/α,β-unsaturated/α-hetero) is 1. The Labute approximate surface area is 179 Å². The summed E-state index contributed by atoms with van der Waals surface area (Å²) in [5, 5.41) is 0. The van der Waals surface area contributed by atoms with E-state index in [-0.39, 0.29) is 23.3 Å². The van der Waals surface area contributed by atoms with Gasteiger partial charge in [0, 0.05) is 31.5 Å². The third-order valence-electron chi connectivity index (χ3n) is 6.87. The Balaban J connectivity index is 1.72. The summed E-state index contributed by atoms with van der Waals surface area (Å²) >= 11 is 0. The number of carbonyl (C=O) groups excluding carboxylic acids is 1. The molecular formula is C24H30N2O3S. The molecule has 2 fully saturated rings. The topological polar surface area (TPSA) is 57.7 Å². The van der Waals surface area contributed by atoms with Gasteiger partial charge in [0.2, 0.25) is 10.0 Å². The molecule has 30 heavy (non-hydrogen) atoms. The van der Waals surface area contributed by atoms with Gasteiger partial charge in [-0.3, -0.25) is 4.90 Å². The van der Waals surface area contributed by atoms with Crippen molar-refractivity contribution in [3.8, 4) is 0 Å². The summed E-state index contributed by atoms with van der Waals surface area (Å²) in [6.07, 6.45) is 1.07. The van der Waals surface area contributed by atoms with Crippen LogP contribution in [0.3, 0.4) is 0 Å². The van der Waals surface area contributed by atoms with Crippen molar-refractivity contribution in [3.05, 3.63) is 65.7 Å². The smallest absolute Gasteiger partial charge is 0.244 e. The van der Waals surface area contributed by atoms with Gasteiger partial charge in [-0.1, -0.05) is 55.0 Å². The van der Waals surface area contributed by atoms with Crippen LogP contribution in [0, 0.1) is 18.3 Å². The van der Waals surface area contributed by atoms with Crippen LogP contribution in [0.2, 0.25) is 0 Å². The van der Waals surface area contributed by atoms with E-state index in [1.807, 2.05) is 37.3 Å². The second-order valence-electron chi connectivity index (χ2n) is 9.08. The van der Waals surface area contributed by atoms with Gasteiger partial charge in [-0.2, -0.15) is 4.31 Å². The average molecular weight is 427 g/mol. The number of benzene rings is 2. The average Bonchev–Trinajstić information content (AvgIpc) is 3.17. The molecule has 6 heteroatoms. The molecule has 160 valence electrons. The standard InChI is InChI=1S/C24H30N2O3S/c1-18-9-11-22(12-10-18)30(28,29)26-17-21(15-19(2)27)24(3)13-14-25(23(24)26)16-20-7-5-4-6-8-20/h4-12,21,23H,13-17H2,1-3H3/t21-,23+,24-/m0/s1. The SMILES string of the molecule is CC(=O)C[C@H]1CN(S(=O)(=O)c2ccc(C)cc2)[C@H]2N(Cc3ccccc3)CC[C@@]12C. The van der Waals surface area contributed by atoms with Gasteiger partial charge in [-0.15, -0.1) is 0 Å². The molecule has 2 heterocycles. The van der Waals surface area contributed by atoms with Gasteiger partial charge in [0.15, 0.2) is 0 Å². The van der Waals surface area contributed by atoms with Crippen LogP contribution in [-0.4, -0.2) is 42.7 Å². The summed E-state index contributed by atoms with van der Waals surface area (Å²) in [5.41, 5.74) is 1.96. The Morgan fingerprint density at radius 2 is 1.77 bits per heavy atom. The predicted molar refractivity (Wildman–Crippen MR) is 117 cm³/mol.